The van der Waals surface area contributed by atoms with Gasteiger partial charge in [-0.25, -0.2) is 4.79 Å². The molecule has 1 amide bonds. The first-order valence-corrected chi connectivity index (χ1v) is 6.60. The number of nitrogens with zero attached hydrogens (tertiary/aromatic N) is 1. The molecule has 0 unspecified atom stereocenters. The zero-order chi connectivity index (χ0) is 14.7. The number of carboxylic acid groups (broad SMARTS) is 1. The number of hydrogen-bond acceptors (Lipinski definition) is 3. The van der Waals surface area contributed by atoms with Gasteiger partial charge in [0.1, 0.15) is 0 Å². The second kappa shape index (κ2) is 6.02. The van der Waals surface area contributed by atoms with Crippen molar-refractivity contribution in [3.63, 3.8) is 0 Å². The summed E-state index contributed by atoms with van der Waals surface area (Å²) in [6, 6.07) is 6.08. The molecule has 0 saturated heterocycles. The Kier molecular flexibility index (Phi) is 4.36. The molecule has 0 aliphatic carbocycles. The van der Waals surface area contributed by atoms with Crippen molar-refractivity contribution < 1.29 is 14.7 Å². The van der Waals surface area contributed by atoms with Crippen molar-refractivity contribution >= 4 is 45.1 Å². The first-order chi connectivity index (χ1) is 9.50. The van der Waals surface area contributed by atoms with Gasteiger partial charge in [-0.05, 0) is 34.1 Å². The molecule has 0 atom stereocenters. The van der Waals surface area contributed by atoms with Gasteiger partial charge in [0.15, 0.2) is 0 Å². The standard InChI is InChI=1S/C13H8BrClN2O3/c14-9-3-1-2-7(13(19)20)11(9)17-12(18)8-6-16-5-4-10(8)15/h1-6H,(H,17,18)(H,19,20). The van der Waals surface area contributed by atoms with Crippen LogP contribution in [-0.4, -0.2) is 22.0 Å². The molecular formula is C13H8BrClN2O3. The van der Waals surface area contributed by atoms with Crippen LogP contribution >= 0.6 is 27.5 Å². The average molecular weight is 356 g/mol. The van der Waals surface area contributed by atoms with Crippen LogP contribution in [0, 0.1) is 0 Å². The van der Waals surface area contributed by atoms with E-state index in [9.17, 15) is 9.59 Å². The Bertz CT molecular complexity index is 691. The van der Waals surface area contributed by atoms with Crippen LogP contribution in [0.1, 0.15) is 20.7 Å². The Morgan fingerprint density at radius 1 is 1.25 bits per heavy atom. The van der Waals surface area contributed by atoms with Crippen LogP contribution in [0.4, 0.5) is 5.69 Å². The van der Waals surface area contributed by atoms with Crippen molar-refractivity contribution in [3.8, 4) is 0 Å². The molecule has 0 spiro atoms. The lowest BCUT2D eigenvalue weighted by atomic mass is 10.1. The van der Waals surface area contributed by atoms with E-state index in [2.05, 4.69) is 26.2 Å². The minimum Gasteiger partial charge on any atom is -0.478 e. The van der Waals surface area contributed by atoms with Gasteiger partial charge in [-0.3, -0.25) is 9.78 Å². The lowest BCUT2D eigenvalue weighted by Gasteiger charge is -2.11. The van der Waals surface area contributed by atoms with Gasteiger partial charge in [-0.2, -0.15) is 0 Å². The number of aromatic nitrogens is 1. The molecule has 0 aliphatic heterocycles. The number of nitrogens with one attached hydrogen (secondary N) is 1. The van der Waals surface area contributed by atoms with Crippen LogP contribution in [0.3, 0.4) is 0 Å². The molecule has 20 heavy (non-hydrogen) atoms. The molecule has 0 radical (unpaired) electrons. The fourth-order valence-corrected chi connectivity index (χ4v) is 2.21. The van der Waals surface area contributed by atoms with E-state index in [1.807, 2.05) is 0 Å². The molecule has 0 aliphatic rings. The van der Waals surface area contributed by atoms with Gasteiger partial charge in [0.25, 0.3) is 5.91 Å². The molecule has 1 heterocycles. The lowest BCUT2D eigenvalue weighted by molar-refractivity contribution is 0.0698. The van der Waals surface area contributed by atoms with Crippen LogP contribution in [0.5, 0.6) is 0 Å². The highest BCUT2D eigenvalue weighted by molar-refractivity contribution is 9.10. The third-order valence-corrected chi connectivity index (χ3v) is 3.49. The van der Waals surface area contributed by atoms with Crippen molar-refractivity contribution in [2.75, 3.05) is 5.32 Å². The summed E-state index contributed by atoms with van der Waals surface area (Å²) >= 11 is 9.11. The van der Waals surface area contributed by atoms with Gasteiger partial charge < -0.3 is 10.4 Å². The predicted molar refractivity (Wildman–Crippen MR) is 78.3 cm³/mol. The predicted octanol–water partition coefficient (Wildman–Crippen LogP) is 3.45. The van der Waals surface area contributed by atoms with Crippen molar-refractivity contribution in [3.05, 3.63) is 57.3 Å². The Morgan fingerprint density at radius 3 is 2.65 bits per heavy atom. The maximum atomic E-state index is 12.1. The summed E-state index contributed by atoms with van der Waals surface area (Å²) in [6.07, 6.45) is 2.77. The molecule has 0 bridgehead atoms. The first-order valence-electron chi connectivity index (χ1n) is 5.43. The molecule has 102 valence electrons. The number of para-hydroxylation sites is 1. The van der Waals surface area contributed by atoms with Crippen molar-refractivity contribution in [1.82, 2.24) is 4.98 Å². The van der Waals surface area contributed by atoms with E-state index in [4.69, 9.17) is 16.7 Å². The van der Waals surface area contributed by atoms with E-state index < -0.39 is 11.9 Å². The van der Waals surface area contributed by atoms with Crippen LogP contribution < -0.4 is 5.32 Å². The summed E-state index contributed by atoms with van der Waals surface area (Å²) in [5.74, 6) is -1.67. The molecule has 1 aromatic heterocycles. The highest BCUT2D eigenvalue weighted by atomic mass is 79.9. The lowest BCUT2D eigenvalue weighted by Crippen LogP contribution is -2.16. The number of amides is 1. The van der Waals surface area contributed by atoms with Crippen LogP contribution in [0.25, 0.3) is 0 Å². The van der Waals surface area contributed by atoms with Gasteiger partial charge >= 0.3 is 5.97 Å². The number of anilines is 1. The van der Waals surface area contributed by atoms with E-state index in [0.717, 1.165) is 0 Å². The smallest absolute Gasteiger partial charge is 0.337 e. The highest BCUT2D eigenvalue weighted by Crippen LogP contribution is 2.27. The number of benzene rings is 1. The van der Waals surface area contributed by atoms with Gasteiger partial charge in [-0.1, -0.05) is 17.7 Å². The molecule has 0 saturated carbocycles. The third-order valence-electron chi connectivity index (χ3n) is 2.50. The summed E-state index contributed by atoms with van der Waals surface area (Å²) in [5, 5.41) is 11.9. The van der Waals surface area contributed by atoms with E-state index in [-0.39, 0.29) is 21.8 Å². The van der Waals surface area contributed by atoms with E-state index in [1.54, 1.807) is 12.1 Å². The molecular weight excluding hydrogens is 348 g/mol. The summed E-state index contributed by atoms with van der Waals surface area (Å²) in [7, 11) is 0. The second-order valence-electron chi connectivity index (χ2n) is 3.78. The molecule has 2 rings (SSSR count). The summed E-state index contributed by atoms with van der Waals surface area (Å²) in [5.41, 5.74) is 0.318. The van der Waals surface area contributed by atoms with Crippen molar-refractivity contribution in [2.24, 2.45) is 0 Å². The quantitative estimate of drug-likeness (QED) is 0.884. The minimum absolute atomic E-state index is 0.0206. The molecule has 2 N–H and O–H groups in total. The summed E-state index contributed by atoms with van der Waals surface area (Å²) < 4.78 is 0.464. The van der Waals surface area contributed by atoms with Crippen molar-refractivity contribution in [2.45, 2.75) is 0 Å². The number of aromatic carboxylic acids is 1. The van der Waals surface area contributed by atoms with Gasteiger partial charge in [0, 0.05) is 16.9 Å². The molecule has 5 nitrogen and oxygen atoms in total. The van der Waals surface area contributed by atoms with Crippen LogP contribution in [0.15, 0.2) is 41.1 Å². The van der Waals surface area contributed by atoms with E-state index in [1.165, 1.54) is 24.5 Å². The van der Waals surface area contributed by atoms with Crippen LogP contribution in [-0.2, 0) is 0 Å². The number of rotatable bonds is 3. The number of carbonyl (C=O) groups is 2. The Morgan fingerprint density at radius 2 is 2.00 bits per heavy atom. The maximum Gasteiger partial charge on any atom is 0.337 e. The minimum atomic E-state index is -1.14. The molecule has 0 fully saturated rings. The van der Waals surface area contributed by atoms with Gasteiger partial charge in [0.2, 0.25) is 0 Å². The van der Waals surface area contributed by atoms with E-state index >= 15 is 0 Å². The van der Waals surface area contributed by atoms with Crippen molar-refractivity contribution in [1.29, 1.82) is 0 Å². The largest absolute Gasteiger partial charge is 0.478 e. The Balaban J connectivity index is 2.38. The normalized spacial score (nSPS) is 10.1. The number of hydrogen-bond donors (Lipinski definition) is 2. The summed E-state index contributed by atoms with van der Waals surface area (Å²) in [6.45, 7) is 0. The number of carbonyl (C=O) groups excluding carboxylic acids is 1. The average Bonchev–Trinajstić information content (AvgIpc) is 2.41. The van der Waals surface area contributed by atoms with Gasteiger partial charge in [-0.15, -0.1) is 0 Å². The Hall–Kier alpha value is -1.92. The van der Waals surface area contributed by atoms with Crippen LogP contribution in [0.2, 0.25) is 5.02 Å². The highest BCUT2D eigenvalue weighted by Gasteiger charge is 2.17. The first kappa shape index (κ1) is 14.5. The Labute approximate surface area is 127 Å². The zero-order valence-corrected chi connectivity index (χ0v) is 12.3. The topological polar surface area (TPSA) is 79.3 Å². The number of pyridine rings is 1. The fourth-order valence-electron chi connectivity index (χ4n) is 1.55. The van der Waals surface area contributed by atoms with E-state index in [0.29, 0.717) is 4.47 Å². The fraction of sp³-hybridized carbons (Fsp3) is 0. The number of carboxylic acids is 1. The SMILES string of the molecule is O=C(Nc1c(Br)cccc1C(=O)O)c1cnccc1Cl. The monoisotopic (exact) mass is 354 g/mol. The molecule has 1 aromatic carbocycles. The molecule has 7 heteroatoms. The molecule has 2 aromatic rings. The summed E-state index contributed by atoms with van der Waals surface area (Å²) in [4.78, 5) is 27.1. The van der Waals surface area contributed by atoms with Gasteiger partial charge in [0.05, 0.1) is 21.8 Å². The maximum absolute atomic E-state index is 12.1. The number of halogens is 2. The third kappa shape index (κ3) is 2.97. The zero-order valence-electron chi connectivity index (χ0n) is 9.93. The second-order valence-corrected chi connectivity index (χ2v) is 5.04.